The summed E-state index contributed by atoms with van der Waals surface area (Å²) >= 11 is 0. The maximum Gasteiger partial charge on any atom is 0.309 e. The lowest BCUT2D eigenvalue weighted by Gasteiger charge is -2.52. The summed E-state index contributed by atoms with van der Waals surface area (Å²) < 4.78 is 5.56. The second kappa shape index (κ2) is 2.40. The summed E-state index contributed by atoms with van der Waals surface area (Å²) in [6, 6.07) is 0. The summed E-state index contributed by atoms with van der Waals surface area (Å²) in [6.07, 6.45) is 3.87. The van der Waals surface area contributed by atoms with Crippen LogP contribution in [0.15, 0.2) is 0 Å². The Morgan fingerprint density at radius 2 is 2.00 bits per heavy atom. The molecule has 4 aliphatic rings. The van der Waals surface area contributed by atoms with E-state index in [4.69, 9.17) is 4.74 Å². The van der Waals surface area contributed by atoms with Gasteiger partial charge in [-0.15, -0.1) is 0 Å². The largest absolute Gasteiger partial charge is 0.459 e. The zero-order valence-corrected chi connectivity index (χ0v) is 9.38. The van der Waals surface area contributed by atoms with Gasteiger partial charge >= 0.3 is 5.97 Å². The Morgan fingerprint density at radius 1 is 1.27 bits per heavy atom. The molecule has 4 fully saturated rings. The van der Waals surface area contributed by atoms with E-state index in [9.17, 15) is 9.90 Å². The lowest BCUT2D eigenvalue weighted by molar-refractivity contribution is -0.166. The first kappa shape index (κ1) is 9.64. The first-order chi connectivity index (χ1) is 6.82. The average Bonchev–Trinajstić information content (AvgIpc) is 2.05. The summed E-state index contributed by atoms with van der Waals surface area (Å²) in [5, 5.41) is 10.5. The number of hydrogen-bond acceptors (Lipinski definition) is 3. The highest BCUT2D eigenvalue weighted by Crippen LogP contribution is 2.59. The molecule has 4 atom stereocenters. The highest BCUT2D eigenvalue weighted by molar-refractivity contribution is 5.74. The minimum absolute atomic E-state index is 0.0712. The maximum atomic E-state index is 11.8. The van der Waals surface area contributed by atoms with E-state index in [2.05, 4.69) is 6.92 Å². The van der Waals surface area contributed by atoms with Crippen LogP contribution in [-0.2, 0) is 9.53 Å². The van der Waals surface area contributed by atoms with Crippen molar-refractivity contribution in [3.05, 3.63) is 0 Å². The fourth-order valence-electron chi connectivity index (χ4n) is 4.56. The minimum atomic E-state index is -0.656. The van der Waals surface area contributed by atoms with Gasteiger partial charge < -0.3 is 9.84 Å². The van der Waals surface area contributed by atoms with Gasteiger partial charge in [0, 0.05) is 6.42 Å². The minimum Gasteiger partial charge on any atom is -0.459 e. The molecule has 2 heterocycles. The molecule has 84 valence electrons. The van der Waals surface area contributed by atoms with E-state index in [1.54, 1.807) is 0 Å². The van der Waals surface area contributed by atoms with Crippen molar-refractivity contribution < 1.29 is 14.6 Å². The van der Waals surface area contributed by atoms with Gasteiger partial charge in [-0.25, -0.2) is 0 Å². The number of ether oxygens (including phenoxy) is 1. The van der Waals surface area contributed by atoms with Gasteiger partial charge in [0.05, 0.1) is 11.5 Å². The lowest BCUT2D eigenvalue weighted by atomic mass is 9.55. The second-order valence-corrected chi connectivity index (χ2v) is 6.54. The summed E-state index contributed by atoms with van der Waals surface area (Å²) in [6.45, 7) is 4.16. The van der Waals surface area contributed by atoms with E-state index < -0.39 is 11.2 Å². The molecule has 0 spiro atoms. The van der Waals surface area contributed by atoms with Crippen LogP contribution in [0.5, 0.6) is 0 Å². The van der Waals surface area contributed by atoms with Crippen LogP contribution in [0.1, 0.15) is 46.0 Å². The van der Waals surface area contributed by atoms with Crippen LogP contribution < -0.4 is 0 Å². The van der Waals surface area contributed by atoms with Crippen molar-refractivity contribution in [1.82, 2.24) is 0 Å². The van der Waals surface area contributed by atoms with Crippen molar-refractivity contribution in [2.24, 2.45) is 11.3 Å². The number of rotatable bonds is 0. The average molecular weight is 210 g/mol. The molecule has 0 aromatic rings. The van der Waals surface area contributed by atoms with E-state index >= 15 is 0 Å². The number of esters is 1. The number of hydrogen-bond donors (Lipinski definition) is 1. The van der Waals surface area contributed by atoms with Gasteiger partial charge in [0.1, 0.15) is 5.60 Å². The van der Waals surface area contributed by atoms with E-state index in [1.165, 1.54) is 0 Å². The molecule has 4 bridgehead atoms. The summed E-state index contributed by atoms with van der Waals surface area (Å²) in [5.41, 5.74) is -0.988. The monoisotopic (exact) mass is 210 g/mol. The molecule has 0 amide bonds. The van der Waals surface area contributed by atoms with Crippen LogP contribution in [0.3, 0.4) is 0 Å². The Hall–Kier alpha value is -0.570. The van der Waals surface area contributed by atoms with Crippen molar-refractivity contribution in [2.45, 2.75) is 57.2 Å². The number of carbonyl (C=O) groups is 1. The smallest absolute Gasteiger partial charge is 0.309 e. The van der Waals surface area contributed by atoms with Crippen LogP contribution >= 0.6 is 0 Å². The summed E-state index contributed by atoms with van der Waals surface area (Å²) in [5.74, 6) is -0.157. The highest BCUT2D eigenvalue weighted by Gasteiger charge is 2.60. The Bertz CT molecular complexity index is 318. The Balaban J connectivity index is 2.10. The molecule has 3 nitrogen and oxygen atoms in total. The molecule has 2 saturated carbocycles. The molecule has 4 unspecified atom stereocenters. The van der Waals surface area contributed by atoms with E-state index in [0.717, 1.165) is 19.3 Å². The standard InChI is InChI=1S/C12H18O3/c1-10-3-8-4-12(14,6-10)7-11(2,5-10)15-9(8)13/h8,14H,3-7H2,1-2H3. The fourth-order valence-corrected chi connectivity index (χ4v) is 4.56. The van der Waals surface area contributed by atoms with Crippen molar-refractivity contribution in [3.63, 3.8) is 0 Å². The Kier molecular flexibility index (Phi) is 1.54. The topological polar surface area (TPSA) is 46.5 Å². The number of carbonyl (C=O) groups excluding carboxylic acids is 1. The maximum absolute atomic E-state index is 11.8. The van der Waals surface area contributed by atoms with E-state index in [0.29, 0.717) is 12.8 Å². The number of aliphatic hydroxyl groups is 1. The van der Waals surface area contributed by atoms with Crippen LogP contribution in [-0.4, -0.2) is 22.3 Å². The van der Waals surface area contributed by atoms with Crippen molar-refractivity contribution in [2.75, 3.05) is 0 Å². The Labute approximate surface area is 89.8 Å². The van der Waals surface area contributed by atoms with Gasteiger partial charge in [-0.3, -0.25) is 4.79 Å². The molecular formula is C12H18O3. The molecule has 1 N–H and O–H groups in total. The van der Waals surface area contributed by atoms with Crippen LogP contribution in [0.2, 0.25) is 0 Å². The van der Waals surface area contributed by atoms with Crippen molar-refractivity contribution in [3.8, 4) is 0 Å². The van der Waals surface area contributed by atoms with Gasteiger partial charge in [0.2, 0.25) is 0 Å². The predicted octanol–water partition coefficient (Wildman–Crippen LogP) is 1.63. The molecule has 4 rings (SSSR count). The zero-order valence-electron chi connectivity index (χ0n) is 9.38. The fraction of sp³-hybridized carbons (Fsp3) is 0.917. The lowest BCUT2D eigenvalue weighted by Crippen LogP contribution is -2.53. The van der Waals surface area contributed by atoms with Crippen molar-refractivity contribution in [1.29, 1.82) is 0 Å². The van der Waals surface area contributed by atoms with E-state index in [-0.39, 0.29) is 17.3 Å². The van der Waals surface area contributed by atoms with Gasteiger partial charge in [-0.05, 0) is 38.0 Å². The molecule has 3 heteroatoms. The quantitative estimate of drug-likeness (QED) is 0.618. The van der Waals surface area contributed by atoms with E-state index in [1.807, 2.05) is 6.92 Å². The highest BCUT2D eigenvalue weighted by atomic mass is 16.6. The molecule has 2 aliphatic carbocycles. The van der Waals surface area contributed by atoms with Gasteiger partial charge in [0.25, 0.3) is 0 Å². The molecule has 2 aliphatic heterocycles. The molecular weight excluding hydrogens is 192 g/mol. The van der Waals surface area contributed by atoms with Crippen LogP contribution in [0.25, 0.3) is 0 Å². The summed E-state index contributed by atoms with van der Waals surface area (Å²) in [4.78, 5) is 11.8. The molecule has 15 heavy (non-hydrogen) atoms. The SMILES string of the molecule is CC12CC3CC(O)(C1)CC(C)(C2)OC3=O. The molecule has 0 aromatic heterocycles. The third-order valence-electron chi connectivity index (χ3n) is 4.31. The normalized spacial score (nSPS) is 57.8. The van der Waals surface area contributed by atoms with Gasteiger partial charge in [-0.2, -0.15) is 0 Å². The van der Waals surface area contributed by atoms with Crippen molar-refractivity contribution >= 4 is 5.97 Å². The zero-order chi connectivity index (χ0) is 10.9. The first-order valence-corrected chi connectivity index (χ1v) is 5.77. The third kappa shape index (κ3) is 1.32. The molecule has 0 aromatic carbocycles. The van der Waals surface area contributed by atoms with Gasteiger partial charge in [-0.1, -0.05) is 6.92 Å². The predicted molar refractivity (Wildman–Crippen MR) is 54.1 cm³/mol. The van der Waals surface area contributed by atoms with Crippen LogP contribution in [0.4, 0.5) is 0 Å². The van der Waals surface area contributed by atoms with Gasteiger partial charge in [0.15, 0.2) is 0 Å². The third-order valence-corrected chi connectivity index (χ3v) is 4.31. The number of fused-ring (bicyclic) bond motifs is 1. The first-order valence-electron chi connectivity index (χ1n) is 5.77. The second-order valence-electron chi connectivity index (χ2n) is 6.54. The molecule has 0 radical (unpaired) electrons. The summed E-state index contributed by atoms with van der Waals surface area (Å²) in [7, 11) is 0. The van der Waals surface area contributed by atoms with Crippen LogP contribution in [0, 0.1) is 11.3 Å². The molecule has 2 saturated heterocycles. The Morgan fingerprint density at radius 3 is 2.67 bits per heavy atom.